The molecule has 0 aromatic carbocycles. The molecule has 0 saturated carbocycles. The third kappa shape index (κ3) is 1.38. The van der Waals surface area contributed by atoms with Crippen molar-refractivity contribution in [2.45, 2.75) is 45.2 Å². The van der Waals surface area contributed by atoms with E-state index in [1.54, 1.807) is 14.0 Å². The van der Waals surface area contributed by atoms with Crippen molar-refractivity contribution in [1.82, 2.24) is 10.2 Å². The Morgan fingerprint density at radius 3 is 2.29 bits per heavy atom. The highest BCUT2D eigenvalue weighted by atomic mass is 16.2. The average Bonchev–Trinajstić information content (AvgIpc) is 2.21. The van der Waals surface area contributed by atoms with E-state index in [2.05, 4.69) is 5.32 Å². The van der Waals surface area contributed by atoms with E-state index in [0.29, 0.717) is 12.8 Å². The van der Waals surface area contributed by atoms with E-state index in [-0.39, 0.29) is 17.9 Å². The maximum Gasteiger partial charge on any atom is 0.248 e. The van der Waals surface area contributed by atoms with Crippen LogP contribution in [0.3, 0.4) is 0 Å². The fourth-order valence-electron chi connectivity index (χ4n) is 1.81. The Bertz CT molecular complexity index is 259. The van der Waals surface area contributed by atoms with Gasteiger partial charge in [-0.15, -0.1) is 0 Å². The van der Waals surface area contributed by atoms with Crippen LogP contribution in [0.1, 0.15) is 33.6 Å². The number of carbonyl (C=O) groups excluding carboxylic acids is 2. The summed E-state index contributed by atoms with van der Waals surface area (Å²) in [4.78, 5) is 25.1. The molecule has 0 radical (unpaired) electrons. The fraction of sp³-hybridized carbons (Fsp3) is 0.800. The molecule has 1 atom stereocenters. The third-order valence-electron chi connectivity index (χ3n) is 3.26. The highest BCUT2D eigenvalue weighted by molar-refractivity contribution is 5.99. The van der Waals surface area contributed by atoms with E-state index < -0.39 is 5.54 Å². The Balaban J connectivity index is 3.01. The first kappa shape index (κ1) is 11.0. The van der Waals surface area contributed by atoms with Crippen LogP contribution in [-0.2, 0) is 9.59 Å². The second-order valence-electron chi connectivity index (χ2n) is 3.87. The lowest BCUT2D eigenvalue weighted by molar-refractivity contribution is -0.153. The molecule has 1 aliphatic rings. The van der Waals surface area contributed by atoms with Gasteiger partial charge in [0, 0.05) is 7.05 Å². The van der Waals surface area contributed by atoms with Crippen LogP contribution in [0.25, 0.3) is 0 Å². The number of amides is 2. The molecule has 1 saturated heterocycles. The summed E-state index contributed by atoms with van der Waals surface area (Å²) in [6.45, 7) is 5.58. The summed E-state index contributed by atoms with van der Waals surface area (Å²) >= 11 is 0. The first-order chi connectivity index (χ1) is 6.48. The van der Waals surface area contributed by atoms with Gasteiger partial charge in [-0.25, -0.2) is 0 Å². The zero-order valence-corrected chi connectivity index (χ0v) is 9.26. The van der Waals surface area contributed by atoms with Crippen molar-refractivity contribution in [3.8, 4) is 0 Å². The van der Waals surface area contributed by atoms with Gasteiger partial charge in [-0.05, 0) is 19.8 Å². The zero-order valence-electron chi connectivity index (χ0n) is 9.26. The lowest BCUT2D eigenvalue weighted by Crippen LogP contribution is -2.68. The summed E-state index contributed by atoms with van der Waals surface area (Å²) in [5.41, 5.74) is -0.668. The van der Waals surface area contributed by atoms with Crippen LogP contribution < -0.4 is 5.32 Å². The summed E-state index contributed by atoms with van der Waals surface area (Å²) in [7, 11) is 1.69. The van der Waals surface area contributed by atoms with Gasteiger partial charge in [0.2, 0.25) is 11.8 Å². The molecular weight excluding hydrogens is 180 g/mol. The SMILES string of the molecule is CCC1(CC)NC(=O)C(C)N(C)C1=O. The highest BCUT2D eigenvalue weighted by Gasteiger charge is 2.45. The molecule has 4 heteroatoms. The molecule has 1 heterocycles. The van der Waals surface area contributed by atoms with Gasteiger partial charge >= 0.3 is 0 Å². The lowest BCUT2D eigenvalue weighted by Gasteiger charge is -2.42. The largest absolute Gasteiger partial charge is 0.340 e. The predicted molar refractivity (Wildman–Crippen MR) is 53.7 cm³/mol. The number of carbonyl (C=O) groups is 2. The Hall–Kier alpha value is -1.06. The molecule has 1 N–H and O–H groups in total. The molecule has 0 aliphatic carbocycles. The van der Waals surface area contributed by atoms with Gasteiger partial charge in [0.15, 0.2) is 0 Å². The lowest BCUT2D eigenvalue weighted by atomic mass is 9.88. The van der Waals surface area contributed by atoms with E-state index in [1.807, 2.05) is 13.8 Å². The molecule has 1 aliphatic heterocycles. The second-order valence-corrected chi connectivity index (χ2v) is 3.87. The van der Waals surface area contributed by atoms with E-state index >= 15 is 0 Å². The molecule has 4 nitrogen and oxygen atoms in total. The molecule has 2 amide bonds. The highest BCUT2D eigenvalue weighted by Crippen LogP contribution is 2.23. The zero-order chi connectivity index (χ0) is 10.9. The average molecular weight is 198 g/mol. The smallest absolute Gasteiger partial charge is 0.248 e. The number of hydrogen-bond donors (Lipinski definition) is 1. The molecular formula is C10H18N2O2. The van der Waals surface area contributed by atoms with Crippen molar-refractivity contribution in [3.63, 3.8) is 0 Å². The standard InChI is InChI=1S/C10H18N2O2/c1-5-10(6-2)9(14)12(4)7(3)8(13)11-10/h7H,5-6H2,1-4H3,(H,11,13). The van der Waals surface area contributed by atoms with Crippen molar-refractivity contribution >= 4 is 11.8 Å². The van der Waals surface area contributed by atoms with Crippen LogP contribution in [0.2, 0.25) is 0 Å². The Kier molecular flexibility index (Phi) is 2.83. The predicted octanol–water partition coefficient (Wildman–Crippen LogP) is 0.522. The molecule has 80 valence electrons. The van der Waals surface area contributed by atoms with Crippen molar-refractivity contribution in [2.24, 2.45) is 0 Å². The van der Waals surface area contributed by atoms with Gasteiger partial charge < -0.3 is 10.2 Å². The van der Waals surface area contributed by atoms with Gasteiger partial charge in [-0.1, -0.05) is 13.8 Å². The Labute approximate surface area is 84.7 Å². The van der Waals surface area contributed by atoms with Gasteiger partial charge in [0.05, 0.1) is 0 Å². The van der Waals surface area contributed by atoms with Crippen LogP contribution in [0, 0.1) is 0 Å². The fourth-order valence-corrected chi connectivity index (χ4v) is 1.81. The molecule has 0 aromatic rings. The molecule has 0 bridgehead atoms. The van der Waals surface area contributed by atoms with E-state index in [0.717, 1.165) is 0 Å². The van der Waals surface area contributed by atoms with E-state index in [9.17, 15) is 9.59 Å². The van der Waals surface area contributed by atoms with Gasteiger partial charge in [-0.2, -0.15) is 0 Å². The second kappa shape index (κ2) is 3.59. The first-order valence-electron chi connectivity index (χ1n) is 5.07. The van der Waals surface area contributed by atoms with E-state index in [4.69, 9.17) is 0 Å². The molecule has 1 unspecified atom stereocenters. The molecule has 1 fully saturated rings. The minimum atomic E-state index is -0.668. The van der Waals surface area contributed by atoms with Crippen molar-refractivity contribution in [2.75, 3.05) is 7.05 Å². The molecule has 0 spiro atoms. The number of nitrogens with zero attached hydrogens (tertiary/aromatic N) is 1. The molecule has 0 aromatic heterocycles. The van der Waals surface area contributed by atoms with Crippen molar-refractivity contribution in [3.05, 3.63) is 0 Å². The van der Waals surface area contributed by atoms with Crippen LogP contribution in [0.15, 0.2) is 0 Å². The van der Waals surface area contributed by atoms with Crippen molar-refractivity contribution in [1.29, 1.82) is 0 Å². The van der Waals surface area contributed by atoms with E-state index in [1.165, 1.54) is 4.90 Å². The molecule has 1 rings (SSSR count). The minimum Gasteiger partial charge on any atom is -0.340 e. The van der Waals surface area contributed by atoms with Gasteiger partial charge in [0.1, 0.15) is 11.6 Å². The maximum atomic E-state index is 12.0. The number of hydrogen-bond acceptors (Lipinski definition) is 2. The first-order valence-corrected chi connectivity index (χ1v) is 5.07. The Morgan fingerprint density at radius 2 is 1.86 bits per heavy atom. The third-order valence-corrected chi connectivity index (χ3v) is 3.26. The topological polar surface area (TPSA) is 49.4 Å². The van der Waals surface area contributed by atoms with Crippen LogP contribution in [0.4, 0.5) is 0 Å². The number of rotatable bonds is 2. The summed E-state index contributed by atoms with van der Waals surface area (Å²) in [6, 6.07) is -0.353. The number of nitrogens with one attached hydrogen (secondary N) is 1. The monoisotopic (exact) mass is 198 g/mol. The minimum absolute atomic E-state index is 0.0228. The number of piperazine rings is 1. The van der Waals surface area contributed by atoms with Crippen LogP contribution >= 0.6 is 0 Å². The summed E-state index contributed by atoms with van der Waals surface area (Å²) in [5.74, 6) is -0.0367. The maximum absolute atomic E-state index is 12.0. The Morgan fingerprint density at radius 1 is 1.36 bits per heavy atom. The van der Waals surface area contributed by atoms with Crippen LogP contribution in [0.5, 0.6) is 0 Å². The van der Waals surface area contributed by atoms with Crippen LogP contribution in [-0.4, -0.2) is 35.3 Å². The summed E-state index contributed by atoms with van der Waals surface area (Å²) in [6.07, 6.45) is 1.29. The summed E-state index contributed by atoms with van der Waals surface area (Å²) < 4.78 is 0. The van der Waals surface area contributed by atoms with Gasteiger partial charge in [0.25, 0.3) is 0 Å². The summed E-state index contributed by atoms with van der Waals surface area (Å²) in [5, 5.41) is 2.83. The normalized spacial score (nSPS) is 26.3. The van der Waals surface area contributed by atoms with Gasteiger partial charge in [-0.3, -0.25) is 9.59 Å². The number of likely N-dealkylation sites (N-methyl/N-ethyl adjacent to an activating group) is 1. The molecule has 14 heavy (non-hydrogen) atoms. The van der Waals surface area contributed by atoms with Crippen molar-refractivity contribution < 1.29 is 9.59 Å². The quantitative estimate of drug-likeness (QED) is 0.703.